The van der Waals surface area contributed by atoms with Crippen molar-refractivity contribution in [2.45, 2.75) is 30.4 Å². The molecule has 0 amide bonds. The molecule has 3 nitrogen and oxygen atoms in total. The molecule has 0 saturated heterocycles. The summed E-state index contributed by atoms with van der Waals surface area (Å²) < 4.78 is 0.0722. The highest BCUT2D eigenvalue weighted by Crippen LogP contribution is 2.35. The van der Waals surface area contributed by atoms with E-state index in [2.05, 4.69) is 30.9 Å². The number of rotatable bonds is 2. The van der Waals surface area contributed by atoms with Gasteiger partial charge in [-0.15, -0.1) is 11.8 Å². The monoisotopic (exact) mass is 244 g/mol. The van der Waals surface area contributed by atoms with Crippen LogP contribution in [0.25, 0.3) is 0 Å². The SMILES string of the molecule is CC(C)(C)Sc1ccnc(Cl)c1C=NO. The summed E-state index contributed by atoms with van der Waals surface area (Å²) in [6, 6.07) is 1.86. The molecule has 1 aromatic heterocycles. The van der Waals surface area contributed by atoms with Gasteiger partial charge in [-0.2, -0.15) is 0 Å². The maximum atomic E-state index is 8.54. The fourth-order valence-corrected chi connectivity index (χ4v) is 2.34. The van der Waals surface area contributed by atoms with Crippen LogP contribution in [0.3, 0.4) is 0 Å². The van der Waals surface area contributed by atoms with E-state index in [1.54, 1.807) is 18.0 Å². The third-order valence-electron chi connectivity index (χ3n) is 1.50. The van der Waals surface area contributed by atoms with Crippen molar-refractivity contribution in [3.63, 3.8) is 0 Å². The van der Waals surface area contributed by atoms with Crippen LogP contribution in [0.4, 0.5) is 0 Å². The lowest BCUT2D eigenvalue weighted by atomic mass is 10.3. The summed E-state index contributed by atoms with van der Waals surface area (Å²) in [4.78, 5) is 4.90. The normalized spacial score (nSPS) is 12.3. The molecule has 1 heterocycles. The van der Waals surface area contributed by atoms with E-state index in [0.717, 1.165) is 4.90 Å². The molecule has 15 heavy (non-hydrogen) atoms. The van der Waals surface area contributed by atoms with Crippen molar-refractivity contribution >= 4 is 29.6 Å². The summed E-state index contributed by atoms with van der Waals surface area (Å²) in [5.74, 6) is 0. The Morgan fingerprint density at radius 1 is 1.53 bits per heavy atom. The molecule has 0 aliphatic rings. The molecule has 0 atom stereocenters. The predicted molar refractivity (Wildman–Crippen MR) is 64.2 cm³/mol. The zero-order chi connectivity index (χ0) is 11.5. The third kappa shape index (κ3) is 3.72. The highest BCUT2D eigenvalue weighted by molar-refractivity contribution is 8.00. The maximum Gasteiger partial charge on any atom is 0.139 e. The van der Waals surface area contributed by atoms with Crippen molar-refractivity contribution in [1.82, 2.24) is 4.98 Å². The first-order chi connectivity index (χ1) is 6.94. The minimum absolute atomic E-state index is 0.0722. The second-order valence-corrected chi connectivity index (χ2v) is 6.20. The molecule has 5 heteroatoms. The predicted octanol–water partition coefficient (Wildman–Crippen LogP) is 3.43. The van der Waals surface area contributed by atoms with Crippen molar-refractivity contribution in [2.75, 3.05) is 0 Å². The number of pyridine rings is 1. The van der Waals surface area contributed by atoms with Crippen molar-refractivity contribution in [3.8, 4) is 0 Å². The molecule has 0 radical (unpaired) electrons. The van der Waals surface area contributed by atoms with Gasteiger partial charge in [-0.05, 0) is 6.07 Å². The third-order valence-corrected chi connectivity index (χ3v) is 2.99. The number of halogens is 1. The lowest BCUT2D eigenvalue weighted by molar-refractivity contribution is 0.321. The van der Waals surface area contributed by atoms with Crippen LogP contribution in [0.1, 0.15) is 26.3 Å². The Kier molecular flexibility index (Phi) is 3.99. The number of hydrogen-bond acceptors (Lipinski definition) is 4. The smallest absolute Gasteiger partial charge is 0.139 e. The Hall–Kier alpha value is -0.740. The Labute approximate surface area is 98.5 Å². The van der Waals surface area contributed by atoms with E-state index in [0.29, 0.717) is 10.7 Å². The van der Waals surface area contributed by atoms with Crippen LogP contribution in [0.5, 0.6) is 0 Å². The Morgan fingerprint density at radius 2 is 2.20 bits per heavy atom. The zero-order valence-electron chi connectivity index (χ0n) is 8.86. The lowest BCUT2D eigenvalue weighted by Crippen LogP contribution is -2.08. The molecular weight excluding hydrogens is 232 g/mol. The van der Waals surface area contributed by atoms with Crippen LogP contribution in [0.15, 0.2) is 22.3 Å². The van der Waals surface area contributed by atoms with Crippen LogP contribution < -0.4 is 0 Å². The van der Waals surface area contributed by atoms with E-state index < -0.39 is 0 Å². The van der Waals surface area contributed by atoms with Crippen LogP contribution in [0, 0.1) is 0 Å². The van der Waals surface area contributed by atoms with E-state index in [1.807, 2.05) is 6.07 Å². The van der Waals surface area contributed by atoms with Gasteiger partial charge in [0.25, 0.3) is 0 Å². The van der Waals surface area contributed by atoms with E-state index in [-0.39, 0.29) is 4.75 Å². The molecule has 0 spiro atoms. The van der Waals surface area contributed by atoms with Crippen LogP contribution in [-0.4, -0.2) is 21.2 Å². The van der Waals surface area contributed by atoms with Gasteiger partial charge >= 0.3 is 0 Å². The van der Waals surface area contributed by atoms with Gasteiger partial charge in [0.1, 0.15) is 5.15 Å². The first-order valence-corrected chi connectivity index (χ1v) is 5.64. The van der Waals surface area contributed by atoms with Gasteiger partial charge in [-0.1, -0.05) is 37.5 Å². The molecule has 0 saturated carbocycles. The zero-order valence-corrected chi connectivity index (χ0v) is 10.4. The van der Waals surface area contributed by atoms with Crippen LogP contribution >= 0.6 is 23.4 Å². The summed E-state index contributed by atoms with van der Waals surface area (Å²) in [6.07, 6.45) is 2.95. The number of oxime groups is 1. The molecule has 1 aromatic rings. The summed E-state index contributed by atoms with van der Waals surface area (Å²) in [6.45, 7) is 6.31. The quantitative estimate of drug-likeness (QED) is 0.285. The molecule has 0 aromatic carbocycles. The largest absolute Gasteiger partial charge is 0.411 e. The van der Waals surface area contributed by atoms with Crippen molar-refractivity contribution in [3.05, 3.63) is 23.0 Å². The highest BCUT2D eigenvalue weighted by Gasteiger charge is 2.16. The Bertz CT molecular complexity index is 374. The van der Waals surface area contributed by atoms with Gasteiger partial charge in [0.2, 0.25) is 0 Å². The fraction of sp³-hybridized carbons (Fsp3) is 0.400. The summed E-state index contributed by atoms with van der Waals surface area (Å²) >= 11 is 7.56. The number of hydrogen-bond donors (Lipinski definition) is 1. The van der Waals surface area contributed by atoms with Gasteiger partial charge in [-0.25, -0.2) is 4.98 Å². The minimum Gasteiger partial charge on any atom is -0.411 e. The van der Waals surface area contributed by atoms with E-state index in [1.165, 1.54) is 6.21 Å². The number of thioether (sulfide) groups is 1. The second-order valence-electron chi connectivity index (χ2n) is 3.97. The molecule has 0 aliphatic carbocycles. The molecule has 1 rings (SSSR count). The van der Waals surface area contributed by atoms with E-state index >= 15 is 0 Å². The van der Waals surface area contributed by atoms with Gasteiger partial charge in [-0.3, -0.25) is 0 Å². The van der Waals surface area contributed by atoms with Crippen molar-refractivity contribution < 1.29 is 5.21 Å². The molecule has 82 valence electrons. The summed E-state index contributed by atoms with van der Waals surface area (Å²) in [5, 5.41) is 11.9. The van der Waals surface area contributed by atoms with E-state index in [4.69, 9.17) is 16.8 Å². The molecule has 0 fully saturated rings. The number of aromatic nitrogens is 1. The molecule has 0 unspecified atom stereocenters. The fourth-order valence-electron chi connectivity index (χ4n) is 1.02. The van der Waals surface area contributed by atoms with E-state index in [9.17, 15) is 0 Å². The summed E-state index contributed by atoms with van der Waals surface area (Å²) in [5.41, 5.74) is 0.654. The average Bonchev–Trinajstić information content (AvgIpc) is 2.08. The molecular formula is C10H13ClN2OS. The first-order valence-electron chi connectivity index (χ1n) is 4.45. The van der Waals surface area contributed by atoms with Gasteiger partial charge in [0.15, 0.2) is 0 Å². The molecule has 1 N–H and O–H groups in total. The molecule has 0 bridgehead atoms. The van der Waals surface area contributed by atoms with Gasteiger partial charge < -0.3 is 5.21 Å². The maximum absolute atomic E-state index is 8.54. The number of nitrogens with zero attached hydrogens (tertiary/aromatic N) is 2. The van der Waals surface area contributed by atoms with Crippen LogP contribution in [0.2, 0.25) is 5.15 Å². The van der Waals surface area contributed by atoms with Crippen molar-refractivity contribution in [1.29, 1.82) is 0 Å². The molecule has 0 aliphatic heterocycles. The topological polar surface area (TPSA) is 45.5 Å². The standard InChI is InChI=1S/C10H13ClN2OS/c1-10(2,3)15-8-4-5-12-9(11)7(8)6-13-14/h4-6,14H,1-3H3. The highest BCUT2D eigenvalue weighted by atomic mass is 35.5. The van der Waals surface area contributed by atoms with Crippen LogP contribution in [-0.2, 0) is 0 Å². The Balaban J connectivity index is 3.11. The lowest BCUT2D eigenvalue weighted by Gasteiger charge is -2.18. The van der Waals surface area contributed by atoms with Crippen molar-refractivity contribution in [2.24, 2.45) is 5.16 Å². The minimum atomic E-state index is 0.0722. The second kappa shape index (κ2) is 4.86. The van der Waals surface area contributed by atoms with Gasteiger partial charge in [0.05, 0.1) is 6.21 Å². The average molecular weight is 245 g/mol. The van der Waals surface area contributed by atoms with Gasteiger partial charge in [0, 0.05) is 21.4 Å². The first kappa shape index (κ1) is 12.3. The Morgan fingerprint density at radius 3 is 2.73 bits per heavy atom. The summed E-state index contributed by atoms with van der Waals surface area (Å²) in [7, 11) is 0.